The van der Waals surface area contributed by atoms with Crippen molar-refractivity contribution in [2.75, 3.05) is 0 Å². The summed E-state index contributed by atoms with van der Waals surface area (Å²) >= 11 is 0. The van der Waals surface area contributed by atoms with E-state index in [4.69, 9.17) is 0 Å². The molecule has 2 nitrogen and oxygen atoms in total. The normalized spacial score (nSPS) is 17.9. The van der Waals surface area contributed by atoms with E-state index < -0.39 is 0 Å². The molecule has 12 heavy (non-hydrogen) atoms. The summed E-state index contributed by atoms with van der Waals surface area (Å²) in [5.74, 6) is 0.283. The fourth-order valence-electron chi connectivity index (χ4n) is 1.67. The van der Waals surface area contributed by atoms with E-state index >= 15 is 0 Å². The third kappa shape index (κ3) is 2.76. The van der Waals surface area contributed by atoms with E-state index in [2.05, 4.69) is 0 Å². The van der Waals surface area contributed by atoms with Gasteiger partial charge in [-0.05, 0) is 12.3 Å². The summed E-state index contributed by atoms with van der Waals surface area (Å²) in [4.78, 5) is 21.2. The number of rotatable bonds is 6. The van der Waals surface area contributed by atoms with E-state index in [1.165, 1.54) is 0 Å². The standard InChI is InChI=1S/C10H18O2/c1-4-9(7-12)10(5-2)8(3)6-11/h6-10H,4-5H2,1-3H3. The van der Waals surface area contributed by atoms with Crippen molar-refractivity contribution >= 4 is 12.6 Å². The lowest BCUT2D eigenvalue weighted by molar-refractivity contribution is -0.116. The topological polar surface area (TPSA) is 34.1 Å². The molecule has 2 heteroatoms. The third-order valence-electron chi connectivity index (χ3n) is 2.56. The first-order valence-electron chi connectivity index (χ1n) is 4.61. The second kappa shape index (κ2) is 5.92. The van der Waals surface area contributed by atoms with Crippen molar-refractivity contribution in [3.8, 4) is 0 Å². The number of aldehydes is 2. The molecule has 0 bridgehead atoms. The monoisotopic (exact) mass is 170 g/mol. The highest BCUT2D eigenvalue weighted by atomic mass is 16.1. The number of hydrogen-bond donors (Lipinski definition) is 0. The summed E-state index contributed by atoms with van der Waals surface area (Å²) in [6.07, 6.45) is 3.66. The predicted molar refractivity (Wildman–Crippen MR) is 48.9 cm³/mol. The minimum atomic E-state index is 0.00477. The first kappa shape index (κ1) is 11.3. The summed E-state index contributed by atoms with van der Waals surface area (Å²) in [5, 5.41) is 0. The molecule has 0 radical (unpaired) electrons. The molecule has 0 saturated heterocycles. The van der Waals surface area contributed by atoms with Gasteiger partial charge in [0.2, 0.25) is 0 Å². The van der Waals surface area contributed by atoms with Gasteiger partial charge in [0.25, 0.3) is 0 Å². The van der Waals surface area contributed by atoms with Crippen LogP contribution in [0.3, 0.4) is 0 Å². The summed E-state index contributed by atoms with van der Waals surface area (Å²) in [6, 6.07) is 0. The summed E-state index contributed by atoms with van der Waals surface area (Å²) < 4.78 is 0. The van der Waals surface area contributed by atoms with Gasteiger partial charge in [0.15, 0.2) is 0 Å². The van der Waals surface area contributed by atoms with Crippen LogP contribution in [0.4, 0.5) is 0 Å². The molecule has 70 valence electrons. The molecule has 0 aliphatic rings. The Morgan fingerprint density at radius 3 is 1.92 bits per heavy atom. The molecule has 0 aromatic heterocycles. The Labute approximate surface area is 74.3 Å². The van der Waals surface area contributed by atoms with Crippen LogP contribution in [0.25, 0.3) is 0 Å². The number of carbonyl (C=O) groups is 2. The highest BCUT2D eigenvalue weighted by Crippen LogP contribution is 2.24. The second-order valence-corrected chi connectivity index (χ2v) is 3.28. The van der Waals surface area contributed by atoms with Crippen LogP contribution in [-0.2, 0) is 9.59 Å². The van der Waals surface area contributed by atoms with Gasteiger partial charge in [0, 0.05) is 11.8 Å². The molecule has 3 atom stereocenters. The van der Waals surface area contributed by atoms with E-state index in [1.54, 1.807) is 0 Å². The largest absolute Gasteiger partial charge is 0.303 e. The van der Waals surface area contributed by atoms with Gasteiger partial charge in [-0.2, -0.15) is 0 Å². The molecule has 0 spiro atoms. The van der Waals surface area contributed by atoms with Crippen molar-refractivity contribution < 1.29 is 9.59 Å². The molecule has 3 unspecified atom stereocenters. The van der Waals surface area contributed by atoms with E-state index in [0.29, 0.717) is 0 Å². The van der Waals surface area contributed by atoms with E-state index in [1.807, 2.05) is 20.8 Å². The average Bonchev–Trinajstić information content (AvgIpc) is 2.12. The van der Waals surface area contributed by atoms with Gasteiger partial charge in [0.1, 0.15) is 12.6 Å². The smallest absolute Gasteiger partial charge is 0.123 e. The summed E-state index contributed by atoms with van der Waals surface area (Å²) in [5.41, 5.74) is 0. The maximum atomic E-state index is 10.6. The molecule has 0 heterocycles. The molecule has 0 saturated carbocycles. The van der Waals surface area contributed by atoms with Gasteiger partial charge < -0.3 is 9.59 Å². The second-order valence-electron chi connectivity index (χ2n) is 3.28. The molecule has 0 amide bonds. The zero-order chi connectivity index (χ0) is 9.56. The maximum absolute atomic E-state index is 10.6. The van der Waals surface area contributed by atoms with E-state index in [-0.39, 0.29) is 17.8 Å². The Hall–Kier alpha value is -0.660. The molecule has 0 aromatic rings. The lowest BCUT2D eigenvalue weighted by Crippen LogP contribution is -2.22. The zero-order valence-corrected chi connectivity index (χ0v) is 8.12. The van der Waals surface area contributed by atoms with Crippen LogP contribution in [0.5, 0.6) is 0 Å². The van der Waals surface area contributed by atoms with Crippen LogP contribution in [0, 0.1) is 17.8 Å². The van der Waals surface area contributed by atoms with Crippen LogP contribution < -0.4 is 0 Å². The Kier molecular flexibility index (Phi) is 5.60. The molecule has 0 rings (SSSR count). The van der Waals surface area contributed by atoms with Crippen molar-refractivity contribution in [2.45, 2.75) is 33.6 Å². The van der Waals surface area contributed by atoms with E-state index in [9.17, 15) is 9.59 Å². The Morgan fingerprint density at radius 1 is 1.08 bits per heavy atom. The SMILES string of the molecule is CCC(C=O)C(CC)C(C)C=O. The maximum Gasteiger partial charge on any atom is 0.123 e. The van der Waals surface area contributed by atoms with Crippen LogP contribution in [0.1, 0.15) is 33.6 Å². The van der Waals surface area contributed by atoms with Gasteiger partial charge in [-0.15, -0.1) is 0 Å². The average molecular weight is 170 g/mol. The highest BCUT2D eigenvalue weighted by molar-refractivity contribution is 5.58. The number of carbonyl (C=O) groups excluding carboxylic acids is 2. The summed E-state index contributed by atoms with van der Waals surface area (Å²) in [7, 11) is 0. The Morgan fingerprint density at radius 2 is 1.67 bits per heavy atom. The van der Waals surface area contributed by atoms with Gasteiger partial charge in [0.05, 0.1) is 0 Å². The fourth-order valence-corrected chi connectivity index (χ4v) is 1.67. The van der Waals surface area contributed by atoms with Crippen LogP contribution >= 0.6 is 0 Å². The first-order chi connectivity index (χ1) is 5.71. The Bertz CT molecular complexity index is 143. The quantitative estimate of drug-likeness (QED) is 0.572. The van der Waals surface area contributed by atoms with E-state index in [0.717, 1.165) is 25.4 Å². The molecule has 0 aliphatic carbocycles. The van der Waals surface area contributed by atoms with Gasteiger partial charge in [-0.3, -0.25) is 0 Å². The molecule has 0 aliphatic heterocycles. The molecular weight excluding hydrogens is 152 g/mol. The molecule has 0 N–H and O–H groups in total. The van der Waals surface area contributed by atoms with Crippen LogP contribution in [-0.4, -0.2) is 12.6 Å². The lowest BCUT2D eigenvalue weighted by Gasteiger charge is -2.22. The summed E-state index contributed by atoms with van der Waals surface area (Å²) in [6.45, 7) is 5.89. The molecule has 0 fully saturated rings. The van der Waals surface area contributed by atoms with Crippen molar-refractivity contribution in [3.63, 3.8) is 0 Å². The van der Waals surface area contributed by atoms with Crippen molar-refractivity contribution in [1.29, 1.82) is 0 Å². The minimum Gasteiger partial charge on any atom is -0.303 e. The van der Waals surface area contributed by atoms with Crippen LogP contribution in [0.2, 0.25) is 0 Å². The third-order valence-corrected chi connectivity index (χ3v) is 2.56. The number of hydrogen-bond acceptors (Lipinski definition) is 2. The van der Waals surface area contributed by atoms with Crippen LogP contribution in [0.15, 0.2) is 0 Å². The molecule has 0 aromatic carbocycles. The highest BCUT2D eigenvalue weighted by Gasteiger charge is 2.22. The van der Waals surface area contributed by atoms with Crippen molar-refractivity contribution in [3.05, 3.63) is 0 Å². The van der Waals surface area contributed by atoms with Gasteiger partial charge in [-0.1, -0.05) is 27.2 Å². The fraction of sp³-hybridized carbons (Fsp3) is 0.800. The first-order valence-corrected chi connectivity index (χ1v) is 4.61. The predicted octanol–water partition coefficient (Wildman–Crippen LogP) is 2.07. The van der Waals surface area contributed by atoms with Crippen molar-refractivity contribution in [2.24, 2.45) is 17.8 Å². The van der Waals surface area contributed by atoms with Gasteiger partial charge in [-0.25, -0.2) is 0 Å². The van der Waals surface area contributed by atoms with Crippen molar-refractivity contribution in [1.82, 2.24) is 0 Å². The minimum absolute atomic E-state index is 0.00477. The Balaban J connectivity index is 4.28. The lowest BCUT2D eigenvalue weighted by atomic mass is 9.81. The zero-order valence-electron chi connectivity index (χ0n) is 8.12. The molecular formula is C10H18O2. The van der Waals surface area contributed by atoms with Gasteiger partial charge >= 0.3 is 0 Å².